The minimum Gasteiger partial charge on any atom is -0.378 e. The zero-order chi connectivity index (χ0) is 19.4. The Bertz CT molecular complexity index is 890. The maximum Gasteiger partial charge on any atom is 0.264 e. The number of benzene rings is 2. The topological polar surface area (TPSA) is 66.9 Å². The first kappa shape index (κ1) is 19.7. The fourth-order valence-electron chi connectivity index (χ4n) is 2.81. The highest BCUT2D eigenvalue weighted by Gasteiger charge is 2.22. The maximum absolute atomic E-state index is 12.8. The van der Waals surface area contributed by atoms with E-state index in [2.05, 4.69) is 0 Å². The summed E-state index contributed by atoms with van der Waals surface area (Å²) in [7, 11) is -2.15. The van der Waals surface area contributed by atoms with Gasteiger partial charge in [-0.1, -0.05) is 0 Å². The average molecular weight is 407 g/mol. The summed E-state index contributed by atoms with van der Waals surface area (Å²) in [5.74, 6) is -0.0667. The Morgan fingerprint density at radius 2 is 1.63 bits per heavy atom. The molecule has 0 spiro atoms. The van der Waals surface area contributed by atoms with E-state index < -0.39 is 10.0 Å². The summed E-state index contributed by atoms with van der Waals surface area (Å²) in [5.41, 5.74) is 1.04. The van der Waals surface area contributed by atoms with Gasteiger partial charge in [0.15, 0.2) is 0 Å². The van der Waals surface area contributed by atoms with Crippen molar-refractivity contribution in [1.29, 1.82) is 0 Å². The van der Waals surface area contributed by atoms with Crippen LogP contribution in [-0.2, 0) is 14.8 Å². The SMILES string of the molecule is CSc1ccc(S(=O)(=O)N(C)c2ccc(C(=O)N3CCOCC3)cc2)cc1. The van der Waals surface area contributed by atoms with Crippen molar-refractivity contribution in [3.8, 4) is 0 Å². The normalized spacial score (nSPS) is 14.8. The molecule has 1 aliphatic heterocycles. The number of hydrogen-bond acceptors (Lipinski definition) is 5. The van der Waals surface area contributed by atoms with Crippen molar-refractivity contribution in [2.75, 3.05) is 43.9 Å². The summed E-state index contributed by atoms with van der Waals surface area (Å²) in [5, 5.41) is 0. The van der Waals surface area contributed by atoms with Crippen LogP contribution in [0.4, 0.5) is 5.69 Å². The van der Waals surface area contributed by atoms with Crippen LogP contribution >= 0.6 is 11.8 Å². The Labute approximate surface area is 164 Å². The molecular formula is C19H22N2O4S2. The number of hydrogen-bond donors (Lipinski definition) is 0. The minimum absolute atomic E-state index is 0.0667. The lowest BCUT2D eigenvalue weighted by Crippen LogP contribution is -2.40. The van der Waals surface area contributed by atoms with Gasteiger partial charge in [-0.3, -0.25) is 9.10 Å². The molecule has 0 saturated carbocycles. The van der Waals surface area contributed by atoms with Crippen LogP contribution in [0.25, 0.3) is 0 Å². The number of nitrogens with zero attached hydrogens (tertiary/aromatic N) is 2. The van der Waals surface area contributed by atoms with E-state index in [9.17, 15) is 13.2 Å². The molecule has 2 aromatic rings. The standard InChI is InChI=1S/C19H22N2O4S2/c1-20(27(23,24)18-9-7-17(26-2)8-10-18)16-5-3-15(4-6-16)19(22)21-11-13-25-14-12-21/h3-10H,11-14H2,1-2H3. The van der Waals surface area contributed by atoms with Crippen LogP contribution in [0.5, 0.6) is 0 Å². The zero-order valence-corrected chi connectivity index (χ0v) is 16.9. The minimum atomic E-state index is -3.66. The second-order valence-corrected chi connectivity index (χ2v) is 8.95. The first-order chi connectivity index (χ1) is 12.9. The van der Waals surface area contributed by atoms with Crippen molar-refractivity contribution < 1.29 is 17.9 Å². The van der Waals surface area contributed by atoms with Gasteiger partial charge in [0.25, 0.3) is 15.9 Å². The monoisotopic (exact) mass is 406 g/mol. The largest absolute Gasteiger partial charge is 0.378 e. The van der Waals surface area contributed by atoms with Gasteiger partial charge in [-0.2, -0.15) is 0 Å². The first-order valence-electron chi connectivity index (χ1n) is 8.53. The van der Waals surface area contributed by atoms with E-state index in [1.807, 2.05) is 6.26 Å². The van der Waals surface area contributed by atoms with Crippen LogP contribution in [-0.4, -0.2) is 58.8 Å². The molecule has 0 unspecified atom stereocenters. The van der Waals surface area contributed by atoms with Gasteiger partial charge in [0.1, 0.15) is 0 Å². The molecule has 2 aromatic carbocycles. The molecule has 1 amide bonds. The number of carbonyl (C=O) groups excluding carboxylic acids is 1. The van der Waals surface area contributed by atoms with Crippen molar-refractivity contribution in [1.82, 2.24) is 4.90 Å². The molecule has 3 rings (SSSR count). The Morgan fingerprint density at radius 1 is 1.04 bits per heavy atom. The van der Waals surface area contributed by atoms with Gasteiger partial charge >= 0.3 is 0 Å². The van der Waals surface area contributed by atoms with Gasteiger partial charge in [0.2, 0.25) is 0 Å². The number of rotatable bonds is 5. The number of anilines is 1. The number of carbonyl (C=O) groups is 1. The summed E-state index contributed by atoms with van der Waals surface area (Å²) < 4.78 is 32.1. The van der Waals surface area contributed by atoms with Gasteiger partial charge in [-0.05, 0) is 54.8 Å². The summed E-state index contributed by atoms with van der Waals surface area (Å²) in [6.45, 7) is 2.22. The van der Waals surface area contributed by atoms with Crippen LogP contribution in [0.1, 0.15) is 10.4 Å². The highest BCUT2D eigenvalue weighted by atomic mass is 32.2. The van der Waals surface area contributed by atoms with Crippen LogP contribution in [0.3, 0.4) is 0 Å². The molecule has 1 heterocycles. The van der Waals surface area contributed by atoms with Crippen LogP contribution in [0.15, 0.2) is 58.3 Å². The molecular weight excluding hydrogens is 384 g/mol. The van der Waals surface area contributed by atoms with Gasteiger partial charge < -0.3 is 9.64 Å². The van der Waals surface area contributed by atoms with Gasteiger partial charge in [0.05, 0.1) is 23.8 Å². The molecule has 0 aromatic heterocycles. The third-order valence-electron chi connectivity index (χ3n) is 4.49. The predicted octanol–water partition coefficient (Wildman–Crippen LogP) is 2.71. The number of amides is 1. The summed E-state index contributed by atoms with van der Waals surface area (Å²) >= 11 is 1.56. The van der Waals surface area contributed by atoms with Gasteiger partial charge in [0, 0.05) is 30.6 Å². The predicted molar refractivity (Wildman–Crippen MR) is 107 cm³/mol. The van der Waals surface area contributed by atoms with E-state index in [0.717, 1.165) is 4.90 Å². The highest BCUT2D eigenvalue weighted by Crippen LogP contribution is 2.24. The van der Waals surface area contributed by atoms with Crippen molar-refractivity contribution in [2.24, 2.45) is 0 Å². The molecule has 0 aliphatic carbocycles. The molecule has 1 aliphatic rings. The van der Waals surface area contributed by atoms with Gasteiger partial charge in [-0.15, -0.1) is 11.8 Å². The van der Waals surface area contributed by atoms with Crippen molar-refractivity contribution in [2.45, 2.75) is 9.79 Å². The number of sulfonamides is 1. The van der Waals surface area contributed by atoms with Crippen molar-refractivity contribution >= 4 is 33.4 Å². The lowest BCUT2D eigenvalue weighted by Gasteiger charge is -2.27. The zero-order valence-electron chi connectivity index (χ0n) is 15.3. The number of ether oxygens (including phenoxy) is 1. The summed E-state index contributed by atoms with van der Waals surface area (Å²) in [4.78, 5) is 15.5. The Kier molecular flexibility index (Phi) is 6.08. The molecule has 1 saturated heterocycles. The van der Waals surface area contributed by atoms with E-state index in [4.69, 9.17) is 4.74 Å². The number of thioether (sulfide) groups is 1. The third-order valence-corrected chi connectivity index (χ3v) is 7.04. The van der Waals surface area contributed by atoms with Crippen molar-refractivity contribution in [3.63, 3.8) is 0 Å². The molecule has 144 valence electrons. The van der Waals surface area contributed by atoms with Crippen molar-refractivity contribution in [3.05, 3.63) is 54.1 Å². The first-order valence-corrected chi connectivity index (χ1v) is 11.2. The molecule has 8 heteroatoms. The second-order valence-electron chi connectivity index (χ2n) is 6.10. The third kappa shape index (κ3) is 4.28. The molecule has 27 heavy (non-hydrogen) atoms. The fourth-order valence-corrected chi connectivity index (χ4v) is 4.41. The van der Waals surface area contributed by atoms with E-state index >= 15 is 0 Å². The Balaban J connectivity index is 1.77. The highest BCUT2D eigenvalue weighted by molar-refractivity contribution is 7.98. The van der Waals surface area contributed by atoms with E-state index in [1.54, 1.807) is 65.2 Å². The quantitative estimate of drug-likeness (QED) is 0.715. The lowest BCUT2D eigenvalue weighted by molar-refractivity contribution is 0.0303. The van der Waals surface area contributed by atoms with Gasteiger partial charge in [-0.25, -0.2) is 8.42 Å². The van der Waals surface area contributed by atoms with E-state index in [1.165, 1.54) is 11.4 Å². The van der Waals surface area contributed by atoms with E-state index in [-0.39, 0.29) is 10.8 Å². The molecule has 0 atom stereocenters. The summed E-state index contributed by atoms with van der Waals surface area (Å²) in [6.07, 6.45) is 1.94. The van der Waals surface area contributed by atoms with E-state index in [0.29, 0.717) is 37.6 Å². The average Bonchev–Trinajstić information content (AvgIpc) is 2.73. The molecule has 0 bridgehead atoms. The molecule has 1 fully saturated rings. The summed E-state index contributed by atoms with van der Waals surface area (Å²) in [6, 6.07) is 13.4. The van der Waals surface area contributed by atoms with Crippen LogP contribution < -0.4 is 4.31 Å². The number of morpholine rings is 1. The van der Waals surface area contributed by atoms with Crippen LogP contribution in [0.2, 0.25) is 0 Å². The van der Waals surface area contributed by atoms with Crippen LogP contribution in [0, 0.1) is 0 Å². The molecule has 0 N–H and O–H groups in total. The molecule has 6 nitrogen and oxygen atoms in total. The molecule has 0 radical (unpaired) electrons. The fraction of sp³-hybridized carbons (Fsp3) is 0.316. The smallest absolute Gasteiger partial charge is 0.264 e. The Hall–Kier alpha value is -2.03. The Morgan fingerprint density at radius 3 is 2.19 bits per heavy atom. The second kappa shape index (κ2) is 8.33. The maximum atomic E-state index is 12.8. The lowest BCUT2D eigenvalue weighted by atomic mass is 10.1.